The minimum absolute atomic E-state index is 0.137. The van der Waals surface area contributed by atoms with Crippen molar-refractivity contribution in [2.24, 2.45) is 0 Å². The molecule has 2 saturated heterocycles. The fraction of sp³-hybridized carbons (Fsp3) is 0.360. The SMILES string of the molecule is Cc1cc(-c2cccn3nc(Nc4cncnc4)cc23)c(OC2CC3COCC(C2)N3C)cn1. The number of nitrogens with one attached hydrogen (secondary N) is 1. The van der Waals surface area contributed by atoms with Crippen LogP contribution in [-0.4, -0.2) is 67.9 Å². The molecule has 4 aromatic heterocycles. The number of aromatic nitrogens is 5. The molecule has 2 aliphatic heterocycles. The van der Waals surface area contributed by atoms with Crippen LogP contribution < -0.4 is 10.1 Å². The molecule has 2 fully saturated rings. The van der Waals surface area contributed by atoms with Gasteiger partial charge in [-0.05, 0) is 26.1 Å². The van der Waals surface area contributed by atoms with Crippen molar-refractivity contribution in [1.29, 1.82) is 0 Å². The van der Waals surface area contributed by atoms with E-state index >= 15 is 0 Å². The maximum Gasteiger partial charge on any atom is 0.153 e. The molecule has 0 radical (unpaired) electrons. The Kier molecular flexibility index (Phi) is 5.35. The number of hydrogen-bond acceptors (Lipinski definition) is 8. The summed E-state index contributed by atoms with van der Waals surface area (Å²) in [6.07, 6.45) is 10.8. The zero-order chi connectivity index (χ0) is 23.1. The predicted molar refractivity (Wildman–Crippen MR) is 128 cm³/mol. The second kappa shape index (κ2) is 8.66. The number of likely N-dealkylation sites (N-methyl/N-ethyl adjacent to an activating group) is 1. The third-order valence-electron chi connectivity index (χ3n) is 6.77. The molecule has 2 bridgehead atoms. The van der Waals surface area contributed by atoms with Crippen LogP contribution in [0.3, 0.4) is 0 Å². The van der Waals surface area contributed by atoms with E-state index in [0.29, 0.717) is 12.1 Å². The van der Waals surface area contributed by atoms with E-state index in [-0.39, 0.29) is 6.10 Å². The molecular formula is C25H27N7O2. The number of piperidine rings is 1. The lowest BCUT2D eigenvalue weighted by Crippen LogP contribution is -2.57. The smallest absolute Gasteiger partial charge is 0.153 e. The van der Waals surface area contributed by atoms with Crippen molar-refractivity contribution in [3.05, 3.63) is 61.1 Å². The summed E-state index contributed by atoms with van der Waals surface area (Å²) in [5, 5.41) is 7.96. The normalized spacial score (nSPS) is 22.6. The lowest BCUT2D eigenvalue weighted by molar-refractivity contribution is -0.0879. The van der Waals surface area contributed by atoms with E-state index in [2.05, 4.69) is 49.4 Å². The molecule has 174 valence electrons. The van der Waals surface area contributed by atoms with Crippen LogP contribution >= 0.6 is 0 Å². The van der Waals surface area contributed by atoms with Crippen molar-refractivity contribution in [3.63, 3.8) is 0 Å². The van der Waals surface area contributed by atoms with Crippen LogP contribution in [0.1, 0.15) is 18.5 Å². The molecule has 0 aromatic carbocycles. The Morgan fingerprint density at radius 1 is 1.06 bits per heavy atom. The van der Waals surface area contributed by atoms with Gasteiger partial charge in [0.2, 0.25) is 0 Å². The lowest BCUT2D eigenvalue weighted by atomic mass is 9.92. The highest BCUT2D eigenvalue weighted by atomic mass is 16.5. The van der Waals surface area contributed by atoms with Crippen LogP contribution in [0.2, 0.25) is 0 Å². The number of rotatable bonds is 5. The van der Waals surface area contributed by atoms with E-state index in [1.54, 1.807) is 12.4 Å². The Labute approximate surface area is 197 Å². The van der Waals surface area contributed by atoms with E-state index in [1.807, 2.05) is 36.0 Å². The third-order valence-corrected chi connectivity index (χ3v) is 6.77. The van der Waals surface area contributed by atoms with Crippen LogP contribution in [0.25, 0.3) is 16.6 Å². The molecule has 6 heterocycles. The van der Waals surface area contributed by atoms with Gasteiger partial charge in [0.05, 0.1) is 43.0 Å². The van der Waals surface area contributed by atoms with Gasteiger partial charge in [-0.1, -0.05) is 6.07 Å². The third kappa shape index (κ3) is 3.97. The van der Waals surface area contributed by atoms with Crippen molar-refractivity contribution in [1.82, 2.24) is 29.5 Å². The number of anilines is 2. The first-order chi connectivity index (χ1) is 16.6. The summed E-state index contributed by atoms with van der Waals surface area (Å²) in [4.78, 5) is 15.1. The lowest BCUT2D eigenvalue weighted by Gasteiger charge is -2.46. The van der Waals surface area contributed by atoms with Gasteiger partial charge in [0.15, 0.2) is 5.82 Å². The molecule has 0 saturated carbocycles. The molecule has 9 nitrogen and oxygen atoms in total. The molecular weight excluding hydrogens is 430 g/mol. The molecule has 0 aliphatic carbocycles. The van der Waals surface area contributed by atoms with Crippen LogP contribution in [0.15, 0.2) is 55.4 Å². The number of pyridine rings is 2. The monoisotopic (exact) mass is 457 g/mol. The second-order valence-electron chi connectivity index (χ2n) is 9.08. The summed E-state index contributed by atoms with van der Waals surface area (Å²) in [5.74, 6) is 1.53. The van der Waals surface area contributed by atoms with E-state index < -0.39 is 0 Å². The highest BCUT2D eigenvalue weighted by molar-refractivity contribution is 5.85. The molecule has 1 N–H and O–H groups in total. The average molecular weight is 458 g/mol. The maximum absolute atomic E-state index is 6.63. The van der Waals surface area contributed by atoms with Crippen molar-refractivity contribution in [2.75, 3.05) is 25.6 Å². The Balaban J connectivity index is 1.34. The number of fused-ring (bicyclic) bond motifs is 3. The predicted octanol–water partition coefficient (Wildman–Crippen LogP) is 3.48. The molecule has 0 spiro atoms. The minimum atomic E-state index is 0.137. The van der Waals surface area contributed by atoms with Gasteiger partial charge in [-0.15, -0.1) is 0 Å². The fourth-order valence-corrected chi connectivity index (χ4v) is 4.99. The fourth-order valence-electron chi connectivity index (χ4n) is 4.99. The Morgan fingerprint density at radius 3 is 2.65 bits per heavy atom. The number of aryl methyl sites for hydroxylation is 1. The molecule has 0 amide bonds. The van der Waals surface area contributed by atoms with Gasteiger partial charge in [0, 0.05) is 54.0 Å². The van der Waals surface area contributed by atoms with Crippen molar-refractivity contribution in [2.45, 2.75) is 38.0 Å². The Hall–Kier alpha value is -3.56. The highest BCUT2D eigenvalue weighted by Crippen LogP contribution is 2.37. The number of nitrogens with zero attached hydrogens (tertiary/aromatic N) is 6. The first kappa shape index (κ1) is 21.0. The van der Waals surface area contributed by atoms with Crippen molar-refractivity contribution in [3.8, 4) is 16.9 Å². The van der Waals surface area contributed by atoms with Crippen molar-refractivity contribution < 1.29 is 9.47 Å². The minimum Gasteiger partial charge on any atom is -0.488 e. The number of hydrogen-bond donors (Lipinski definition) is 1. The van der Waals surface area contributed by atoms with E-state index in [1.165, 1.54) is 6.33 Å². The Bertz CT molecular complexity index is 1300. The van der Waals surface area contributed by atoms with Gasteiger partial charge in [0.1, 0.15) is 18.2 Å². The quantitative estimate of drug-likeness (QED) is 0.487. The maximum atomic E-state index is 6.63. The van der Waals surface area contributed by atoms with Crippen LogP contribution in [0.4, 0.5) is 11.5 Å². The summed E-state index contributed by atoms with van der Waals surface area (Å²) in [7, 11) is 2.19. The van der Waals surface area contributed by atoms with E-state index in [9.17, 15) is 0 Å². The molecule has 34 heavy (non-hydrogen) atoms. The van der Waals surface area contributed by atoms with Crippen molar-refractivity contribution >= 4 is 17.0 Å². The zero-order valence-corrected chi connectivity index (χ0v) is 19.3. The van der Waals surface area contributed by atoms with Crippen LogP contribution in [0, 0.1) is 6.92 Å². The van der Waals surface area contributed by atoms with E-state index in [4.69, 9.17) is 9.47 Å². The molecule has 9 heteroatoms. The summed E-state index contributed by atoms with van der Waals surface area (Å²) in [5.41, 5.74) is 4.77. The Morgan fingerprint density at radius 2 is 1.85 bits per heavy atom. The first-order valence-electron chi connectivity index (χ1n) is 11.6. The highest BCUT2D eigenvalue weighted by Gasteiger charge is 2.38. The average Bonchev–Trinajstić information content (AvgIpc) is 3.24. The molecule has 2 aliphatic rings. The van der Waals surface area contributed by atoms with Gasteiger partial charge >= 0.3 is 0 Å². The standard InChI is InChI=1S/C25H27N7O2/c1-16-6-22(24(12-28-16)34-20-7-18-13-33-14-19(8-20)31(18)2)21-4-3-5-32-23(21)9-25(30-32)29-17-10-26-15-27-11-17/h3-6,9-12,15,18-20H,7-8,13-14H2,1-2H3,(H,29,30). The number of morpholine rings is 1. The number of ether oxygens (including phenoxy) is 2. The van der Waals surface area contributed by atoms with Gasteiger partial charge < -0.3 is 14.8 Å². The summed E-state index contributed by atoms with van der Waals surface area (Å²) >= 11 is 0. The topological polar surface area (TPSA) is 89.7 Å². The summed E-state index contributed by atoms with van der Waals surface area (Å²) in [6.45, 7) is 3.54. The summed E-state index contributed by atoms with van der Waals surface area (Å²) < 4.78 is 14.3. The molecule has 2 unspecified atom stereocenters. The second-order valence-corrected chi connectivity index (χ2v) is 9.08. The molecule has 2 atom stereocenters. The van der Waals surface area contributed by atoms with Crippen LogP contribution in [0.5, 0.6) is 5.75 Å². The van der Waals surface area contributed by atoms with Gasteiger partial charge in [-0.2, -0.15) is 5.10 Å². The molecule has 4 aromatic rings. The molecule has 6 rings (SSSR count). The van der Waals surface area contributed by atoms with E-state index in [0.717, 1.165) is 65.6 Å². The van der Waals surface area contributed by atoms with Crippen LogP contribution in [-0.2, 0) is 4.74 Å². The zero-order valence-electron chi connectivity index (χ0n) is 19.3. The van der Waals surface area contributed by atoms with Gasteiger partial charge in [-0.3, -0.25) is 9.88 Å². The van der Waals surface area contributed by atoms with Gasteiger partial charge in [0.25, 0.3) is 0 Å². The largest absolute Gasteiger partial charge is 0.488 e. The first-order valence-corrected chi connectivity index (χ1v) is 11.6. The van der Waals surface area contributed by atoms with Gasteiger partial charge in [-0.25, -0.2) is 14.5 Å². The summed E-state index contributed by atoms with van der Waals surface area (Å²) in [6, 6.07) is 9.02.